The number of amides is 3. The van der Waals surface area contributed by atoms with Gasteiger partial charge in [0.2, 0.25) is 17.7 Å². The maximum atomic E-state index is 13.1. The number of anilines is 2. The van der Waals surface area contributed by atoms with Gasteiger partial charge >= 0.3 is 0 Å². The number of carbonyl (C=O) groups is 3. The molecule has 0 aliphatic carbocycles. The van der Waals surface area contributed by atoms with E-state index in [1.54, 1.807) is 13.1 Å². The van der Waals surface area contributed by atoms with Gasteiger partial charge in [-0.05, 0) is 50.2 Å². The van der Waals surface area contributed by atoms with Gasteiger partial charge < -0.3 is 16.0 Å². The molecule has 154 valence electrons. The van der Waals surface area contributed by atoms with Crippen molar-refractivity contribution in [1.29, 1.82) is 0 Å². The Morgan fingerprint density at radius 2 is 1.52 bits per heavy atom. The predicted octanol–water partition coefficient (Wildman–Crippen LogP) is 2.07. The molecular weight excluding hydrogens is 375 g/mol. The van der Waals surface area contributed by atoms with Crippen LogP contribution in [0.5, 0.6) is 0 Å². The number of rotatable bonds is 8. The number of hydrogen-bond donors (Lipinski definition) is 3. The van der Waals surface area contributed by atoms with Crippen molar-refractivity contribution < 1.29 is 18.8 Å². The molecule has 0 heterocycles. The van der Waals surface area contributed by atoms with Gasteiger partial charge in [-0.15, -0.1) is 0 Å². The first-order valence-electron chi connectivity index (χ1n) is 9.11. The molecule has 3 amide bonds. The molecule has 2 rings (SSSR count). The Morgan fingerprint density at radius 1 is 0.897 bits per heavy atom. The van der Waals surface area contributed by atoms with Crippen LogP contribution in [0.3, 0.4) is 0 Å². The molecule has 2 aromatic rings. The molecular formula is C21H25FN4O3. The summed E-state index contributed by atoms with van der Waals surface area (Å²) in [6.45, 7) is 3.50. The Hall–Kier alpha value is -3.26. The predicted molar refractivity (Wildman–Crippen MR) is 110 cm³/mol. The first-order chi connectivity index (χ1) is 13.7. The Kier molecular flexibility index (Phi) is 7.85. The van der Waals surface area contributed by atoms with Gasteiger partial charge in [-0.3, -0.25) is 19.3 Å². The molecule has 0 saturated carbocycles. The normalized spacial score (nSPS) is 10.5. The highest BCUT2D eigenvalue weighted by Crippen LogP contribution is 2.18. The molecule has 29 heavy (non-hydrogen) atoms. The summed E-state index contributed by atoms with van der Waals surface area (Å²) in [6.07, 6.45) is 0. The van der Waals surface area contributed by atoms with Crippen LogP contribution in [0, 0.1) is 19.7 Å². The zero-order valence-electron chi connectivity index (χ0n) is 16.7. The summed E-state index contributed by atoms with van der Waals surface area (Å²) in [7, 11) is 1.60. The molecule has 0 aromatic heterocycles. The number of aryl methyl sites for hydroxylation is 2. The fourth-order valence-corrected chi connectivity index (χ4v) is 2.74. The van der Waals surface area contributed by atoms with Crippen LogP contribution in [-0.2, 0) is 14.4 Å². The zero-order chi connectivity index (χ0) is 21.4. The standard InChI is InChI=1S/C21H25FN4O3/c1-14-6-4-7-15(2)21(14)25-18(27)11-23-19(28)12-26(3)13-20(29)24-17-9-5-8-16(22)10-17/h4-10H,11-13H2,1-3H3,(H,23,28)(H,24,29)(H,25,27). The second-order valence-corrected chi connectivity index (χ2v) is 6.82. The van der Waals surface area contributed by atoms with Crippen LogP contribution in [-0.4, -0.2) is 49.3 Å². The number of carbonyl (C=O) groups excluding carboxylic acids is 3. The number of hydrogen-bond acceptors (Lipinski definition) is 4. The van der Waals surface area contributed by atoms with Crippen molar-refractivity contribution in [2.45, 2.75) is 13.8 Å². The fraction of sp³-hybridized carbons (Fsp3) is 0.286. The van der Waals surface area contributed by atoms with Gasteiger partial charge in [-0.1, -0.05) is 24.3 Å². The van der Waals surface area contributed by atoms with E-state index in [1.807, 2.05) is 32.0 Å². The molecule has 0 spiro atoms. The van der Waals surface area contributed by atoms with Gasteiger partial charge in [-0.2, -0.15) is 0 Å². The van der Waals surface area contributed by atoms with E-state index in [9.17, 15) is 18.8 Å². The number of para-hydroxylation sites is 1. The second-order valence-electron chi connectivity index (χ2n) is 6.82. The molecule has 0 atom stereocenters. The smallest absolute Gasteiger partial charge is 0.243 e. The van der Waals surface area contributed by atoms with E-state index >= 15 is 0 Å². The molecule has 0 bridgehead atoms. The molecule has 3 N–H and O–H groups in total. The number of halogens is 1. The molecule has 0 aliphatic heterocycles. The summed E-state index contributed by atoms with van der Waals surface area (Å²) in [5.41, 5.74) is 2.95. The van der Waals surface area contributed by atoms with Crippen molar-refractivity contribution in [3.63, 3.8) is 0 Å². The summed E-state index contributed by atoms with van der Waals surface area (Å²) in [5.74, 6) is -1.54. The third kappa shape index (κ3) is 7.34. The first-order valence-corrected chi connectivity index (χ1v) is 9.11. The van der Waals surface area contributed by atoms with Crippen LogP contribution in [0.2, 0.25) is 0 Å². The van der Waals surface area contributed by atoms with E-state index in [-0.39, 0.29) is 37.4 Å². The van der Waals surface area contributed by atoms with Crippen molar-refractivity contribution in [3.05, 3.63) is 59.4 Å². The third-order valence-electron chi connectivity index (χ3n) is 4.13. The topological polar surface area (TPSA) is 90.5 Å². The summed E-state index contributed by atoms with van der Waals surface area (Å²) in [4.78, 5) is 37.6. The lowest BCUT2D eigenvalue weighted by molar-refractivity contribution is -0.125. The maximum Gasteiger partial charge on any atom is 0.243 e. The molecule has 8 heteroatoms. The minimum Gasteiger partial charge on any atom is -0.346 e. The maximum absolute atomic E-state index is 13.1. The Morgan fingerprint density at radius 3 is 2.17 bits per heavy atom. The molecule has 0 fully saturated rings. The Bertz CT molecular complexity index is 881. The zero-order valence-corrected chi connectivity index (χ0v) is 16.7. The van der Waals surface area contributed by atoms with Gasteiger partial charge in [-0.25, -0.2) is 4.39 Å². The summed E-state index contributed by atoms with van der Waals surface area (Å²) >= 11 is 0. The highest BCUT2D eigenvalue weighted by molar-refractivity contribution is 5.96. The van der Waals surface area contributed by atoms with Gasteiger partial charge in [0.15, 0.2) is 0 Å². The molecule has 0 saturated heterocycles. The number of likely N-dealkylation sites (N-methyl/N-ethyl adjacent to an activating group) is 1. The first kappa shape index (κ1) is 22.0. The average Bonchev–Trinajstić information content (AvgIpc) is 2.63. The third-order valence-corrected chi connectivity index (χ3v) is 4.13. The van der Waals surface area contributed by atoms with Crippen LogP contribution in [0.4, 0.5) is 15.8 Å². The van der Waals surface area contributed by atoms with Crippen molar-refractivity contribution in [2.75, 3.05) is 37.3 Å². The Balaban J connectivity index is 1.74. The lowest BCUT2D eigenvalue weighted by Crippen LogP contribution is -2.41. The largest absolute Gasteiger partial charge is 0.346 e. The number of nitrogens with zero attached hydrogens (tertiary/aromatic N) is 1. The molecule has 7 nitrogen and oxygen atoms in total. The van der Waals surface area contributed by atoms with Crippen LogP contribution in [0.1, 0.15) is 11.1 Å². The highest BCUT2D eigenvalue weighted by Gasteiger charge is 2.13. The van der Waals surface area contributed by atoms with Crippen LogP contribution in [0.15, 0.2) is 42.5 Å². The minimum absolute atomic E-state index is 0.0570. The van der Waals surface area contributed by atoms with E-state index in [1.165, 1.54) is 23.1 Å². The quantitative estimate of drug-likeness (QED) is 0.633. The summed E-state index contributed by atoms with van der Waals surface area (Å²) in [5, 5.41) is 7.88. The van der Waals surface area contributed by atoms with Gasteiger partial charge in [0, 0.05) is 11.4 Å². The SMILES string of the molecule is Cc1cccc(C)c1NC(=O)CNC(=O)CN(C)CC(=O)Nc1cccc(F)c1. The Labute approximate surface area is 169 Å². The van der Waals surface area contributed by atoms with Crippen molar-refractivity contribution in [1.82, 2.24) is 10.2 Å². The monoisotopic (exact) mass is 400 g/mol. The van der Waals surface area contributed by atoms with Crippen molar-refractivity contribution >= 4 is 29.1 Å². The molecule has 0 unspecified atom stereocenters. The minimum atomic E-state index is -0.449. The lowest BCUT2D eigenvalue weighted by Gasteiger charge is -2.16. The van der Waals surface area contributed by atoms with E-state index in [4.69, 9.17) is 0 Å². The van der Waals surface area contributed by atoms with Crippen molar-refractivity contribution in [2.24, 2.45) is 0 Å². The van der Waals surface area contributed by atoms with Gasteiger partial charge in [0.05, 0.1) is 19.6 Å². The van der Waals surface area contributed by atoms with Crippen LogP contribution in [0.25, 0.3) is 0 Å². The molecule has 0 radical (unpaired) electrons. The van der Waals surface area contributed by atoms with E-state index in [0.717, 1.165) is 16.8 Å². The van der Waals surface area contributed by atoms with E-state index in [2.05, 4.69) is 16.0 Å². The van der Waals surface area contributed by atoms with E-state index < -0.39 is 5.82 Å². The number of benzene rings is 2. The summed E-state index contributed by atoms with van der Waals surface area (Å²) < 4.78 is 13.1. The number of nitrogens with one attached hydrogen (secondary N) is 3. The van der Waals surface area contributed by atoms with Crippen molar-refractivity contribution in [3.8, 4) is 0 Å². The average molecular weight is 400 g/mol. The summed E-state index contributed by atoms with van der Waals surface area (Å²) in [6, 6.07) is 11.2. The lowest BCUT2D eigenvalue weighted by atomic mass is 10.1. The second kappa shape index (κ2) is 10.3. The van der Waals surface area contributed by atoms with Crippen LogP contribution < -0.4 is 16.0 Å². The van der Waals surface area contributed by atoms with Gasteiger partial charge in [0.1, 0.15) is 5.82 Å². The fourth-order valence-electron chi connectivity index (χ4n) is 2.74. The molecule has 0 aliphatic rings. The van der Waals surface area contributed by atoms with Crippen LogP contribution >= 0.6 is 0 Å². The van der Waals surface area contributed by atoms with E-state index in [0.29, 0.717) is 5.69 Å². The van der Waals surface area contributed by atoms with Gasteiger partial charge in [0.25, 0.3) is 0 Å². The molecule has 2 aromatic carbocycles. The highest BCUT2D eigenvalue weighted by atomic mass is 19.1.